The summed E-state index contributed by atoms with van der Waals surface area (Å²) in [4.78, 5) is 27.1. The van der Waals surface area contributed by atoms with Crippen LogP contribution in [0.1, 0.15) is 138 Å². The van der Waals surface area contributed by atoms with E-state index in [4.69, 9.17) is 9.47 Å². The van der Waals surface area contributed by atoms with Crippen LogP contribution >= 0.6 is 0 Å². The minimum Gasteiger partial charge on any atom is -0.444 e. The first kappa shape index (κ1) is 37.2. The minimum atomic E-state index is -0.825. The third-order valence-corrected chi connectivity index (χ3v) is 13.7. The second-order valence-electron chi connectivity index (χ2n) is 18.2. The van der Waals surface area contributed by atoms with Crippen molar-refractivity contribution in [1.29, 1.82) is 0 Å². The number of amides is 2. The molecular weight excluding hydrogens is 596 g/mol. The van der Waals surface area contributed by atoms with Gasteiger partial charge >= 0.3 is 6.09 Å². The second kappa shape index (κ2) is 15.4. The van der Waals surface area contributed by atoms with Crippen LogP contribution < -0.4 is 10.6 Å². The number of rotatable bonds is 12. The lowest BCUT2D eigenvalue weighted by molar-refractivity contribution is -0.141. The summed E-state index contributed by atoms with van der Waals surface area (Å²) in [5.74, 6) is 5.13. The fourth-order valence-corrected chi connectivity index (χ4v) is 11.4. The van der Waals surface area contributed by atoms with Crippen LogP contribution in [0.3, 0.4) is 0 Å². The quantitative estimate of drug-likeness (QED) is 0.233. The van der Waals surface area contributed by atoms with Crippen molar-refractivity contribution in [2.24, 2.45) is 52.3 Å². The first-order valence-corrected chi connectivity index (χ1v) is 19.6. The van der Waals surface area contributed by atoms with Gasteiger partial charge in [0.1, 0.15) is 11.6 Å². The number of fused-ring (bicyclic) bond motifs is 5. The monoisotopic (exact) mass is 665 g/mol. The standard InChI is InChI=1S/C42H68N2O4/c1-28(2)14-12-15-29(3)33-22-23-34-32-21-20-31-18-13-19-37(42(31,8)35(32)24-25-41(33,34)7)44-38(45)36(43-39(46)48-40(4,5)6)27-47-26-30-16-10-9-11-17-30/h9-11,16-17,28-29,31-37H,12-15,18-27H2,1-8H3,(H,43,46)(H,44,45)/t29-,31?,32+,33-,34+,35+,36+,37?,41-,42+/m1/s1. The number of alkyl carbamates (subject to hydrolysis) is 1. The van der Waals surface area contributed by atoms with E-state index in [2.05, 4.69) is 45.3 Å². The molecule has 6 heteroatoms. The van der Waals surface area contributed by atoms with Crippen LogP contribution in [-0.4, -0.2) is 36.3 Å². The van der Waals surface area contributed by atoms with E-state index in [0.717, 1.165) is 48.0 Å². The van der Waals surface area contributed by atoms with Gasteiger partial charge in [0.15, 0.2) is 0 Å². The average Bonchev–Trinajstić information content (AvgIpc) is 3.37. The Labute approximate surface area is 292 Å². The molecule has 0 heterocycles. The molecular formula is C42H68N2O4. The molecule has 0 spiro atoms. The molecule has 0 radical (unpaired) electrons. The van der Waals surface area contributed by atoms with Crippen molar-refractivity contribution < 1.29 is 19.1 Å². The summed E-state index contributed by atoms with van der Waals surface area (Å²) in [6.07, 6.45) is 15.0. The van der Waals surface area contributed by atoms with Gasteiger partial charge in [0, 0.05) is 6.04 Å². The number of ether oxygens (including phenoxy) is 2. The summed E-state index contributed by atoms with van der Waals surface area (Å²) < 4.78 is 11.6. The first-order chi connectivity index (χ1) is 22.7. The zero-order valence-electron chi connectivity index (χ0n) is 31.6. The van der Waals surface area contributed by atoms with Gasteiger partial charge in [-0.2, -0.15) is 0 Å². The highest BCUT2D eigenvalue weighted by Crippen LogP contribution is 2.68. The maximum absolute atomic E-state index is 14.2. The summed E-state index contributed by atoms with van der Waals surface area (Å²) in [7, 11) is 0. The van der Waals surface area contributed by atoms with Crippen LogP contribution in [0, 0.1) is 52.3 Å². The molecule has 2 amide bonds. The van der Waals surface area contributed by atoms with Crippen molar-refractivity contribution in [1.82, 2.24) is 10.6 Å². The van der Waals surface area contributed by atoms with E-state index in [0.29, 0.717) is 23.9 Å². The molecule has 5 rings (SSSR count). The molecule has 1 aromatic rings. The van der Waals surface area contributed by atoms with Crippen molar-refractivity contribution in [2.45, 2.75) is 157 Å². The van der Waals surface area contributed by atoms with Crippen LogP contribution in [0.4, 0.5) is 4.79 Å². The Bertz CT molecular complexity index is 1210. The second-order valence-corrected chi connectivity index (χ2v) is 18.2. The highest BCUT2D eigenvalue weighted by Gasteiger charge is 2.62. The van der Waals surface area contributed by atoms with Crippen LogP contribution in [0.15, 0.2) is 30.3 Å². The lowest BCUT2D eigenvalue weighted by atomic mass is 9.43. The molecule has 2 N–H and O–H groups in total. The summed E-state index contributed by atoms with van der Waals surface area (Å²) in [5, 5.41) is 6.41. The van der Waals surface area contributed by atoms with Crippen molar-refractivity contribution in [3.8, 4) is 0 Å². The Balaban J connectivity index is 1.29. The van der Waals surface area contributed by atoms with E-state index >= 15 is 0 Å². The normalized spacial score (nSPS) is 34.4. The lowest BCUT2D eigenvalue weighted by Gasteiger charge is -2.63. The number of nitrogens with one attached hydrogen (secondary N) is 2. The average molecular weight is 665 g/mol. The Hall–Kier alpha value is -2.08. The predicted octanol–water partition coefficient (Wildman–Crippen LogP) is 9.70. The van der Waals surface area contributed by atoms with Gasteiger partial charge in [-0.25, -0.2) is 4.79 Å². The maximum atomic E-state index is 14.2. The molecule has 4 fully saturated rings. The summed E-state index contributed by atoms with van der Waals surface area (Å²) in [6.45, 7) is 18.5. The van der Waals surface area contributed by atoms with Gasteiger partial charge in [-0.1, -0.05) is 90.6 Å². The van der Waals surface area contributed by atoms with E-state index in [-0.39, 0.29) is 24.0 Å². The molecule has 270 valence electrons. The van der Waals surface area contributed by atoms with Crippen LogP contribution in [-0.2, 0) is 20.9 Å². The van der Waals surface area contributed by atoms with Gasteiger partial charge in [0.05, 0.1) is 13.2 Å². The van der Waals surface area contributed by atoms with E-state index in [9.17, 15) is 9.59 Å². The predicted molar refractivity (Wildman–Crippen MR) is 194 cm³/mol. The number of hydrogen-bond donors (Lipinski definition) is 2. The highest BCUT2D eigenvalue weighted by molar-refractivity contribution is 5.86. The van der Waals surface area contributed by atoms with E-state index in [1.54, 1.807) is 0 Å². The molecule has 10 atom stereocenters. The molecule has 48 heavy (non-hydrogen) atoms. The topological polar surface area (TPSA) is 76.7 Å². The summed E-state index contributed by atoms with van der Waals surface area (Å²) in [5.41, 5.74) is 0.902. The van der Waals surface area contributed by atoms with Crippen LogP contribution in [0.2, 0.25) is 0 Å². The molecule has 0 aliphatic heterocycles. The molecule has 0 aromatic heterocycles. The van der Waals surface area contributed by atoms with Gasteiger partial charge in [0.2, 0.25) is 5.91 Å². The zero-order valence-corrected chi connectivity index (χ0v) is 31.6. The van der Waals surface area contributed by atoms with Gasteiger partial charge in [0.25, 0.3) is 0 Å². The van der Waals surface area contributed by atoms with Gasteiger partial charge < -0.3 is 20.1 Å². The molecule has 4 saturated carbocycles. The van der Waals surface area contributed by atoms with E-state index in [1.165, 1.54) is 64.2 Å². The Kier molecular flexibility index (Phi) is 12.0. The molecule has 0 saturated heterocycles. The SMILES string of the molecule is CC(C)CCC[C@@H](C)[C@H]1CC[C@H]2[C@@H]3CCC4CCCC(NC(=O)[C@H](COCc5ccccc5)NC(=O)OC(C)(C)C)[C@]4(C)[C@H]3CC[C@]12C. The zero-order chi connectivity index (χ0) is 34.7. The third-order valence-electron chi connectivity index (χ3n) is 13.7. The Morgan fingerprint density at radius 1 is 0.917 bits per heavy atom. The first-order valence-electron chi connectivity index (χ1n) is 19.6. The molecule has 4 aliphatic carbocycles. The Morgan fingerprint density at radius 2 is 1.67 bits per heavy atom. The number of carbonyl (C=O) groups excluding carboxylic acids is 2. The fraction of sp³-hybridized carbons (Fsp3) is 0.810. The summed E-state index contributed by atoms with van der Waals surface area (Å²) >= 11 is 0. The van der Waals surface area contributed by atoms with Crippen molar-refractivity contribution in [3.63, 3.8) is 0 Å². The minimum absolute atomic E-state index is 0.0699. The largest absolute Gasteiger partial charge is 0.444 e. The van der Waals surface area contributed by atoms with E-state index in [1.807, 2.05) is 51.1 Å². The number of carbonyl (C=O) groups is 2. The van der Waals surface area contributed by atoms with Crippen LogP contribution in [0.25, 0.3) is 0 Å². The lowest BCUT2D eigenvalue weighted by Crippen LogP contribution is -2.63. The molecule has 1 aromatic carbocycles. The number of benzene rings is 1. The highest BCUT2D eigenvalue weighted by atomic mass is 16.6. The van der Waals surface area contributed by atoms with Crippen molar-refractivity contribution in [3.05, 3.63) is 35.9 Å². The Morgan fingerprint density at radius 3 is 2.38 bits per heavy atom. The van der Waals surface area contributed by atoms with Crippen LogP contribution in [0.5, 0.6) is 0 Å². The van der Waals surface area contributed by atoms with Gasteiger partial charge in [-0.15, -0.1) is 0 Å². The molecule has 6 nitrogen and oxygen atoms in total. The molecule has 2 unspecified atom stereocenters. The van der Waals surface area contributed by atoms with Gasteiger partial charge in [-0.3, -0.25) is 4.79 Å². The maximum Gasteiger partial charge on any atom is 0.408 e. The molecule has 0 bridgehead atoms. The number of hydrogen-bond acceptors (Lipinski definition) is 4. The third kappa shape index (κ3) is 8.27. The van der Waals surface area contributed by atoms with E-state index < -0.39 is 17.7 Å². The van der Waals surface area contributed by atoms with Crippen molar-refractivity contribution >= 4 is 12.0 Å². The molecule has 4 aliphatic rings. The van der Waals surface area contributed by atoms with Gasteiger partial charge in [-0.05, 0) is 130 Å². The van der Waals surface area contributed by atoms with Crippen molar-refractivity contribution in [2.75, 3.05) is 6.61 Å². The summed E-state index contributed by atoms with van der Waals surface area (Å²) in [6, 6.07) is 9.23. The fourth-order valence-electron chi connectivity index (χ4n) is 11.4. The smallest absolute Gasteiger partial charge is 0.408 e.